The molecule has 0 amide bonds. The fraction of sp³-hybridized carbons (Fsp3) is 0.111. The summed E-state index contributed by atoms with van der Waals surface area (Å²) in [7, 11) is 0. The third-order valence-electron chi connectivity index (χ3n) is 1.15. The Labute approximate surface area is 75.5 Å². The molecular weight excluding hydrogens is 164 g/mol. The van der Waals surface area contributed by atoms with Crippen LogP contribution in [0.3, 0.4) is 0 Å². The molecule has 0 aromatic carbocycles. The van der Waals surface area contributed by atoms with Gasteiger partial charge in [0, 0.05) is 12.4 Å². The molecule has 60 valence electrons. The maximum absolute atomic E-state index is 8.39. The zero-order valence-corrected chi connectivity index (χ0v) is 6.65. The van der Waals surface area contributed by atoms with Gasteiger partial charge < -0.3 is 0 Å². The molecule has 0 aliphatic heterocycles. The van der Waals surface area contributed by atoms with Gasteiger partial charge in [-0.2, -0.15) is 10.5 Å². The van der Waals surface area contributed by atoms with Gasteiger partial charge in [0.05, 0.1) is 18.1 Å². The maximum atomic E-state index is 8.39. The van der Waals surface area contributed by atoms with Gasteiger partial charge >= 0.3 is 0 Å². The van der Waals surface area contributed by atoms with Crippen molar-refractivity contribution in [2.24, 2.45) is 0 Å². The first-order chi connectivity index (χ1) is 6.36. The van der Waals surface area contributed by atoms with Crippen molar-refractivity contribution in [1.82, 2.24) is 9.97 Å². The van der Waals surface area contributed by atoms with Crippen LogP contribution in [0.25, 0.3) is 0 Å². The highest BCUT2D eigenvalue weighted by atomic mass is 14.9. The minimum atomic E-state index is 0.117. The number of hydrogen-bond acceptors (Lipinski definition) is 4. The number of rotatable bonds is 0. The fourth-order valence-corrected chi connectivity index (χ4v) is 0.636. The van der Waals surface area contributed by atoms with Crippen LogP contribution >= 0.6 is 0 Å². The quantitative estimate of drug-likeness (QED) is 0.532. The standard InChI is InChI=1S/C9H4N4/c10-4-2-1-3-8-6-12-9(5-11)13-7-8/h6-7H,2H2. The van der Waals surface area contributed by atoms with Crippen molar-refractivity contribution in [2.75, 3.05) is 0 Å². The Morgan fingerprint density at radius 3 is 2.46 bits per heavy atom. The van der Waals surface area contributed by atoms with Crippen LogP contribution in [0.4, 0.5) is 0 Å². The van der Waals surface area contributed by atoms with Crippen LogP contribution in [-0.2, 0) is 0 Å². The lowest BCUT2D eigenvalue weighted by Crippen LogP contribution is -1.88. The summed E-state index contributed by atoms with van der Waals surface area (Å²) < 4.78 is 0. The summed E-state index contributed by atoms with van der Waals surface area (Å²) in [5, 5.41) is 16.6. The Kier molecular flexibility index (Phi) is 3.01. The normalized spacial score (nSPS) is 7.54. The molecule has 1 aromatic rings. The van der Waals surface area contributed by atoms with Crippen LogP contribution in [0.5, 0.6) is 0 Å². The lowest BCUT2D eigenvalue weighted by atomic mass is 10.3. The average molecular weight is 168 g/mol. The molecule has 0 spiro atoms. The molecule has 0 bridgehead atoms. The summed E-state index contributed by atoms with van der Waals surface area (Å²) in [5.41, 5.74) is 0.606. The van der Waals surface area contributed by atoms with Crippen LogP contribution in [0.1, 0.15) is 17.8 Å². The predicted molar refractivity (Wildman–Crippen MR) is 43.9 cm³/mol. The molecule has 0 unspecified atom stereocenters. The second-order valence-corrected chi connectivity index (χ2v) is 2.04. The van der Waals surface area contributed by atoms with E-state index in [-0.39, 0.29) is 12.2 Å². The van der Waals surface area contributed by atoms with E-state index in [4.69, 9.17) is 10.5 Å². The first-order valence-corrected chi connectivity index (χ1v) is 3.45. The summed E-state index contributed by atoms with van der Waals surface area (Å²) in [6.07, 6.45) is 3.09. The van der Waals surface area contributed by atoms with E-state index in [0.29, 0.717) is 5.56 Å². The van der Waals surface area contributed by atoms with Crippen molar-refractivity contribution in [3.8, 4) is 24.0 Å². The molecule has 0 fully saturated rings. The van der Waals surface area contributed by atoms with Gasteiger partial charge in [0.15, 0.2) is 0 Å². The predicted octanol–water partition coefficient (Wildman–Crippen LogP) is 0.613. The molecule has 4 nitrogen and oxygen atoms in total. The van der Waals surface area contributed by atoms with Crippen molar-refractivity contribution in [2.45, 2.75) is 6.42 Å². The maximum Gasteiger partial charge on any atom is 0.232 e. The van der Waals surface area contributed by atoms with Crippen molar-refractivity contribution in [3.05, 3.63) is 23.8 Å². The molecule has 1 aromatic heterocycles. The zero-order valence-electron chi connectivity index (χ0n) is 6.65. The molecule has 0 saturated carbocycles. The molecule has 0 aliphatic carbocycles. The van der Waals surface area contributed by atoms with Crippen LogP contribution in [0, 0.1) is 34.5 Å². The third kappa shape index (κ3) is 2.61. The number of aromatic nitrogens is 2. The second-order valence-electron chi connectivity index (χ2n) is 2.04. The van der Waals surface area contributed by atoms with E-state index in [0.717, 1.165) is 0 Å². The van der Waals surface area contributed by atoms with Crippen molar-refractivity contribution in [1.29, 1.82) is 10.5 Å². The van der Waals surface area contributed by atoms with Gasteiger partial charge in [-0.3, -0.25) is 0 Å². The van der Waals surface area contributed by atoms with Crippen LogP contribution < -0.4 is 0 Å². The van der Waals surface area contributed by atoms with Crippen molar-refractivity contribution >= 4 is 0 Å². The Morgan fingerprint density at radius 2 is 1.92 bits per heavy atom. The monoisotopic (exact) mass is 168 g/mol. The largest absolute Gasteiger partial charge is 0.232 e. The van der Waals surface area contributed by atoms with Gasteiger partial charge in [-0.25, -0.2) is 9.97 Å². The third-order valence-corrected chi connectivity index (χ3v) is 1.15. The molecule has 0 saturated heterocycles. The minimum absolute atomic E-state index is 0.117. The lowest BCUT2D eigenvalue weighted by Gasteiger charge is -1.87. The molecule has 1 rings (SSSR count). The van der Waals surface area contributed by atoms with E-state index in [2.05, 4.69) is 21.8 Å². The van der Waals surface area contributed by atoms with E-state index >= 15 is 0 Å². The summed E-state index contributed by atoms with van der Waals surface area (Å²) in [4.78, 5) is 7.44. The first-order valence-electron chi connectivity index (χ1n) is 3.45. The lowest BCUT2D eigenvalue weighted by molar-refractivity contribution is 1.10. The first kappa shape index (κ1) is 8.71. The Hall–Kier alpha value is -2.38. The molecular formula is C9H4N4. The number of nitriles is 2. The Morgan fingerprint density at radius 1 is 1.23 bits per heavy atom. The van der Waals surface area contributed by atoms with Crippen LogP contribution in [0.15, 0.2) is 12.4 Å². The van der Waals surface area contributed by atoms with E-state index in [1.165, 1.54) is 12.4 Å². The van der Waals surface area contributed by atoms with Crippen LogP contribution in [0.2, 0.25) is 0 Å². The molecule has 0 N–H and O–H groups in total. The van der Waals surface area contributed by atoms with E-state index in [1.807, 2.05) is 6.07 Å². The fourth-order valence-electron chi connectivity index (χ4n) is 0.636. The molecule has 0 atom stereocenters. The molecule has 0 radical (unpaired) electrons. The van der Waals surface area contributed by atoms with Crippen molar-refractivity contribution < 1.29 is 0 Å². The van der Waals surface area contributed by atoms with E-state index in [9.17, 15) is 0 Å². The summed E-state index contributed by atoms with van der Waals surface area (Å²) in [6, 6.07) is 3.69. The zero-order chi connectivity index (χ0) is 9.52. The SMILES string of the molecule is N#CCC#Cc1cnc(C#N)nc1. The number of hydrogen-bond donors (Lipinski definition) is 0. The van der Waals surface area contributed by atoms with Gasteiger partial charge in [0.25, 0.3) is 0 Å². The molecule has 4 heteroatoms. The van der Waals surface area contributed by atoms with E-state index < -0.39 is 0 Å². The van der Waals surface area contributed by atoms with Gasteiger partial charge in [-0.1, -0.05) is 11.8 Å². The molecule has 13 heavy (non-hydrogen) atoms. The van der Waals surface area contributed by atoms with Gasteiger partial charge in [0.1, 0.15) is 6.07 Å². The topological polar surface area (TPSA) is 73.4 Å². The second kappa shape index (κ2) is 4.49. The smallest absolute Gasteiger partial charge is 0.226 e. The highest BCUT2D eigenvalue weighted by molar-refractivity contribution is 5.31. The van der Waals surface area contributed by atoms with Crippen LogP contribution in [-0.4, -0.2) is 9.97 Å². The average Bonchev–Trinajstić information content (AvgIpc) is 2.19. The van der Waals surface area contributed by atoms with E-state index in [1.54, 1.807) is 6.07 Å². The summed E-state index contributed by atoms with van der Waals surface area (Å²) in [5.74, 6) is 5.42. The Balaban J connectivity index is 2.80. The summed E-state index contributed by atoms with van der Waals surface area (Å²) >= 11 is 0. The van der Waals surface area contributed by atoms with Gasteiger partial charge in [0.2, 0.25) is 5.82 Å². The number of nitrogens with zero attached hydrogens (tertiary/aromatic N) is 4. The minimum Gasteiger partial charge on any atom is -0.226 e. The summed E-state index contributed by atoms with van der Waals surface area (Å²) in [6.45, 7) is 0. The van der Waals surface area contributed by atoms with Crippen molar-refractivity contribution in [3.63, 3.8) is 0 Å². The highest BCUT2D eigenvalue weighted by Crippen LogP contribution is 1.92. The Bertz CT molecular complexity index is 422. The van der Waals surface area contributed by atoms with Gasteiger partial charge in [-0.15, -0.1) is 0 Å². The molecule has 1 heterocycles. The van der Waals surface area contributed by atoms with Gasteiger partial charge in [-0.05, 0) is 0 Å². The highest BCUT2D eigenvalue weighted by Gasteiger charge is 1.91. The molecule has 0 aliphatic rings.